The molecular weight excluding hydrogens is 262 g/mol. The van der Waals surface area contributed by atoms with E-state index in [1.165, 1.54) is 18.1 Å². The zero-order valence-corrected chi connectivity index (χ0v) is 11.3. The van der Waals surface area contributed by atoms with Gasteiger partial charge in [0, 0.05) is 31.7 Å². The third-order valence-electron chi connectivity index (χ3n) is 3.85. The summed E-state index contributed by atoms with van der Waals surface area (Å²) in [6.07, 6.45) is -0.455. The Balaban J connectivity index is 2.26. The van der Waals surface area contributed by atoms with E-state index in [-0.39, 0.29) is 24.2 Å². The summed E-state index contributed by atoms with van der Waals surface area (Å²) in [6, 6.07) is 5.03. The maximum Gasteiger partial charge on any atom is 0.407 e. The van der Waals surface area contributed by atoms with Gasteiger partial charge in [0.05, 0.1) is 7.11 Å². The van der Waals surface area contributed by atoms with Crippen LogP contribution in [0.3, 0.4) is 0 Å². The number of carboxylic acid groups (broad SMARTS) is 1. The number of amides is 1. The van der Waals surface area contributed by atoms with E-state index in [0.717, 1.165) is 0 Å². The van der Waals surface area contributed by atoms with Crippen molar-refractivity contribution in [3.05, 3.63) is 23.8 Å². The number of benzene rings is 1. The average Bonchev–Trinajstić information content (AvgIpc) is 2.83. The molecule has 1 aromatic rings. The van der Waals surface area contributed by atoms with E-state index in [4.69, 9.17) is 14.9 Å². The molecule has 0 radical (unpaired) electrons. The van der Waals surface area contributed by atoms with Crippen LogP contribution in [0.25, 0.3) is 0 Å². The molecule has 1 fully saturated rings. The van der Waals surface area contributed by atoms with Crippen LogP contribution in [0.4, 0.5) is 4.79 Å². The Morgan fingerprint density at radius 3 is 2.75 bits per heavy atom. The Hall–Kier alpha value is -1.95. The zero-order chi connectivity index (χ0) is 14.7. The van der Waals surface area contributed by atoms with Gasteiger partial charge in [-0.15, -0.1) is 0 Å². The van der Waals surface area contributed by atoms with Crippen molar-refractivity contribution in [2.75, 3.05) is 26.8 Å². The second-order valence-corrected chi connectivity index (χ2v) is 4.99. The minimum atomic E-state index is -0.969. The normalized spacial score (nSPS) is 22.0. The molecule has 2 atom stereocenters. The van der Waals surface area contributed by atoms with Gasteiger partial charge < -0.3 is 25.0 Å². The van der Waals surface area contributed by atoms with Crippen LogP contribution in [0.15, 0.2) is 18.2 Å². The summed E-state index contributed by atoms with van der Waals surface area (Å²) in [5.41, 5.74) is 0.702. The molecule has 0 unspecified atom stereocenters. The monoisotopic (exact) mass is 281 g/mol. The number of aromatic hydroxyl groups is 1. The number of hydrogen-bond donors (Lipinski definition) is 3. The summed E-state index contributed by atoms with van der Waals surface area (Å²) in [5, 5.41) is 28.3. The van der Waals surface area contributed by atoms with Gasteiger partial charge in [-0.3, -0.25) is 0 Å². The number of carbonyl (C=O) groups is 1. The fourth-order valence-electron chi connectivity index (χ4n) is 2.80. The van der Waals surface area contributed by atoms with E-state index in [1.807, 2.05) is 0 Å². The standard InChI is InChI=1S/C14H19NO5/c1-20-10-2-3-11(13(17)6-10)12-8-15(14(18)19)7-9(12)4-5-16/h2-3,6,9,12,16-17H,4-5,7-8H2,1H3,(H,18,19)/t9-,12-/m1/s1. The molecule has 3 N–H and O–H groups in total. The average molecular weight is 281 g/mol. The smallest absolute Gasteiger partial charge is 0.407 e. The summed E-state index contributed by atoms with van der Waals surface area (Å²) >= 11 is 0. The third kappa shape index (κ3) is 2.80. The maximum absolute atomic E-state index is 11.1. The Morgan fingerprint density at radius 2 is 2.20 bits per heavy atom. The van der Waals surface area contributed by atoms with Crippen molar-refractivity contribution in [1.82, 2.24) is 4.90 Å². The van der Waals surface area contributed by atoms with Gasteiger partial charge in [0.2, 0.25) is 0 Å². The number of hydrogen-bond acceptors (Lipinski definition) is 4. The summed E-state index contributed by atoms with van der Waals surface area (Å²) in [7, 11) is 1.52. The van der Waals surface area contributed by atoms with Crippen molar-refractivity contribution in [2.45, 2.75) is 12.3 Å². The van der Waals surface area contributed by atoms with Gasteiger partial charge in [0.1, 0.15) is 11.5 Å². The molecule has 0 aliphatic carbocycles. The molecule has 1 aliphatic rings. The van der Waals surface area contributed by atoms with Gasteiger partial charge in [-0.05, 0) is 24.0 Å². The number of phenolic OH excluding ortho intramolecular Hbond substituents is 1. The predicted octanol–water partition coefficient (Wildman–Crippen LogP) is 1.48. The molecule has 0 spiro atoms. The molecule has 20 heavy (non-hydrogen) atoms. The molecule has 2 rings (SSSR count). The zero-order valence-electron chi connectivity index (χ0n) is 11.3. The number of aliphatic hydroxyl groups is 1. The minimum Gasteiger partial charge on any atom is -0.508 e. The van der Waals surface area contributed by atoms with Gasteiger partial charge >= 0.3 is 6.09 Å². The molecule has 0 bridgehead atoms. The highest BCUT2D eigenvalue weighted by Gasteiger charge is 2.36. The van der Waals surface area contributed by atoms with Gasteiger partial charge in [-0.2, -0.15) is 0 Å². The van der Waals surface area contributed by atoms with Crippen LogP contribution in [-0.2, 0) is 0 Å². The van der Waals surface area contributed by atoms with Crippen molar-refractivity contribution in [3.63, 3.8) is 0 Å². The van der Waals surface area contributed by atoms with E-state index in [0.29, 0.717) is 30.8 Å². The SMILES string of the molecule is COc1ccc([C@@H]2CN(C(=O)O)C[C@H]2CCO)c(O)c1. The highest BCUT2D eigenvalue weighted by atomic mass is 16.5. The van der Waals surface area contributed by atoms with Gasteiger partial charge in [-0.25, -0.2) is 4.79 Å². The molecule has 6 nitrogen and oxygen atoms in total. The van der Waals surface area contributed by atoms with Crippen LogP contribution < -0.4 is 4.74 Å². The van der Waals surface area contributed by atoms with Crippen molar-refractivity contribution in [1.29, 1.82) is 0 Å². The summed E-state index contributed by atoms with van der Waals surface area (Å²) in [6.45, 7) is 0.720. The first kappa shape index (κ1) is 14.5. The van der Waals surface area contributed by atoms with Crippen molar-refractivity contribution in [3.8, 4) is 11.5 Å². The van der Waals surface area contributed by atoms with Crippen LogP contribution in [0, 0.1) is 5.92 Å². The second-order valence-electron chi connectivity index (χ2n) is 4.99. The summed E-state index contributed by atoms with van der Waals surface area (Å²) in [4.78, 5) is 12.4. The number of rotatable bonds is 4. The fourth-order valence-corrected chi connectivity index (χ4v) is 2.80. The molecule has 1 amide bonds. The van der Waals surface area contributed by atoms with Crippen molar-refractivity contribution >= 4 is 6.09 Å². The number of likely N-dealkylation sites (tertiary alicyclic amines) is 1. The van der Waals surface area contributed by atoms with Gasteiger partial charge in [0.15, 0.2) is 0 Å². The second kappa shape index (κ2) is 6.00. The van der Waals surface area contributed by atoms with Crippen LogP contribution in [-0.4, -0.2) is 53.1 Å². The van der Waals surface area contributed by atoms with Gasteiger partial charge in [0.25, 0.3) is 0 Å². The molecule has 0 saturated carbocycles. The maximum atomic E-state index is 11.1. The molecule has 6 heteroatoms. The largest absolute Gasteiger partial charge is 0.508 e. The van der Waals surface area contributed by atoms with E-state index in [9.17, 15) is 9.90 Å². The molecule has 1 saturated heterocycles. The molecule has 1 heterocycles. The predicted molar refractivity (Wildman–Crippen MR) is 72.2 cm³/mol. The van der Waals surface area contributed by atoms with Crippen LogP contribution in [0.5, 0.6) is 11.5 Å². The fraction of sp³-hybridized carbons (Fsp3) is 0.500. The first-order chi connectivity index (χ1) is 9.56. The molecular formula is C14H19NO5. The lowest BCUT2D eigenvalue weighted by atomic mass is 9.86. The number of nitrogens with zero attached hydrogens (tertiary/aromatic N) is 1. The van der Waals surface area contributed by atoms with E-state index >= 15 is 0 Å². The Labute approximate surface area is 117 Å². The molecule has 1 aliphatic heterocycles. The van der Waals surface area contributed by atoms with Crippen molar-refractivity contribution in [2.24, 2.45) is 5.92 Å². The minimum absolute atomic E-state index is 0.00550. The number of phenols is 1. The van der Waals surface area contributed by atoms with E-state index < -0.39 is 6.09 Å². The van der Waals surface area contributed by atoms with Crippen LogP contribution in [0.2, 0.25) is 0 Å². The lowest BCUT2D eigenvalue weighted by molar-refractivity contribution is 0.152. The first-order valence-electron chi connectivity index (χ1n) is 6.52. The molecule has 110 valence electrons. The topological polar surface area (TPSA) is 90.2 Å². The Kier molecular flexibility index (Phi) is 4.34. The van der Waals surface area contributed by atoms with E-state index in [1.54, 1.807) is 12.1 Å². The Bertz CT molecular complexity index is 490. The molecule has 1 aromatic carbocycles. The first-order valence-corrected chi connectivity index (χ1v) is 6.52. The van der Waals surface area contributed by atoms with Crippen LogP contribution in [0.1, 0.15) is 17.9 Å². The number of methoxy groups -OCH3 is 1. The highest BCUT2D eigenvalue weighted by molar-refractivity contribution is 5.65. The summed E-state index contributed by atoms with van der Waals surface area (Å²) in [5.74, 6) is 0.558. The highest BCUT2D eigenvalue weighted by Crippen LogP contribution is 2.39. The van der Waals surface area contributed by atoms with Crippen LogP contribution >= 0.6 is 0 Å². The summed E-state index contributed by atoms with van der Waals surface area (Å²) < 4.78 is 5.04. The van der Waals surface area contributed by atoms with Crippen molar-refractivity contribution < 1.29 is 24.9 Å². The lowest BCUT2D eigenvalue weighted by Gasteiger charge is -2.19. The lowest BCUT2D eigenvalue weighted by Crippen LogP contribution is -2.26. The third-order valence-corrected chi connectivity index (χ3v) is 3.85. The Morgan fingerprint density at radius 1 is 1.45 bits per heavy atom. The number of ether oxygens (including phenoxy) is 1. The van der Waals surface area contributed by atoms with Gasteiger partial charge in [-0.1, -0.05) is 6.07 Å². The molecule has 0 aromatic heterocycles. The number of aliphatic hydroxyl groups excluding tert-OH is 1. The van der Waals surface area contributed by atoms with E-state index in [2.05, 4.69) is 0 Å². The quantitative estimate of drug-likeness (QED) is 0.777.